The molecule has 0 radical (unpaired) electrons. The molecule has 0 N–H and O–H groups in total. The SMILES string of the molecule is O=C1CC23CC(=O)CC2(C1)C3. The van der Waals surface area contributed by atoms with E-state index in [-0.39, 0.29) is 10.8 Å². The van der Waals surface area contributed by atoms with Gasteiger partial charge in [-0.3, -0.25) is 9.59 Å². The molecule has 0 amide bonds. The molecule has 0 bridgehead atoms. The monoisotopic (exact) mass is 150 g/mol. The molecule has 0 aromatic carbocycles. The molecule has 0 aromatic rings. The number of ketones is 2. The van der Waals surface area contributed by atoms with Gasteiger partial charge < -0.3 is 0 Å². The first-order valence-corrected chi connectivity index (χ1v) is 4.19. The van der Waals surface area contributed by atoms with Gasteiger partial charge in [-0.05, 0) is 17.3 Å². The zero-order chi connectivity index (χ0) is 7.69. The third-order valence-electron chi connectivity index (χ3n) is 3.82. The molecule has 3 aliphatic rings. The third kappa shape index (κ3) is 0.481. The van der Waals surface area contributed by atoms with Crippen molar-refractivity contribution < 1.29 is 9.59 Å². The van der Waals surface area contributed by atoms with Crippen LogP contribution in [0.15, 0.2) is 0 Å². The summed E-state index contributed by atoms with van der Waals surface area (Å²) >= 11 is 0. The first kappa shape index (κ1) is 5.92. The van der Waals surface area contributed by atoms with Gasteiger partial charge in [0.1, 0.15) is 11.6 Å². The molecule has 0 atom stereocenters. The predicted molar refractivity (Wildman–Crippen MR) is 38.0 cm³/mol. The summed E-state index contributed by atoms with van der Waals surface area (Å²) in [6.07, 6.45) is 3.99. The van der Waals surface area contributed by atoms with Crippen molar-refractivity contribution >= 4 is 11.6 Å². The summed E-state index contributed by atoms with van der Waals surface area (Å²) in [4.78, 5) is 22.2. The summed E-state index contributed by atoms with van der Waals surface area (Å²) in [5.41, 5.74) is 0.391. The first-order chi connectivity index (χ1) is 5.16. The lowest BCUT2D eigenvalue weighted by atomic mass is 9.99. The van der Waals surface area contributed by atoms with E-state index in [1.807, 2.05) is 0 Å². The van der Waals surface area contributed by atoms with Crippen LogP contribution in [0.2, 0.25) is 0 Å². The van der Waals surface area contributed by atoms with Crippen molar-refractivity contribution in [2.24, 2.45) is 10.8 Å². The molecule has 0 unspecified atom stereocenters. The Labute approximate surface area is 65.0 Å². The van der Waals surface area contributed by atoms with Crippen molar-refractivity contribution in [1.82, 2.24) is 0 Å². The van der Waals surface area contributed by atoms with E-state index in [1.54, 1.807) is 0 Å². The summed E-state index contributed by atoms with van der Waals surface area (Å²) < 4.78 is 0. The average molecular weight is 150 g/mol. The van der Waals surface area contributed by atoms with E-state index < -0.39 is 0 Å². The van der Waals surface area contributed by atoms with E-state index in [0.29, 0.717) is 37.2 Å². The van der Waals surface area contributed by atoms with Gasteiger partial charge in [0, 0.05) is 25.7 Å². The van der Waals surface area contributed by atoms with Crippen LogP contribution in [0, 0.1) is 10.8 Å². The van der Waals surface area contributed by atoms with Crippen molar-refractivity contribution in [3.05, 3.63) is 0 Å². The van der Waals surface area contributed by atoms with Crippen molar-refractivity contribution in [2.45, 2.75) is 32.1 Å². The molecule has 2 heteroatoms. The molecule has 0 aromatic heterocycles. The zero-order valence-corrected chi connectivity index (χ0v) is 6.35. The van der Waals surface area contributed by atoms with Gasteiger partial charge in [-0.15, -0.1) is 0 Å². The number of rotatable bonds is 0. The minimum absolute atomic E-state index is 0.196. The molecule has 3 aliphatic carbocycles. The second-order valence-corrected chi connectivity index (χ2v) is 4.52. The highest BCUT2D eigenvalue weighted by Crippen LogP contribution is 2.79. The number of Topliss-reactive ketones (excluding diaryl/α,β-unsaturated/α-hetero) is 2. The Hall–Kier alpha value is -0.660. The van der Waals surface area contributed by atoms with Crippen LogP contribution in [-0.2, 0) is 9.59 Å². The van der Waals surface area contributed by atoms with Crippen LogP contribution in [0.4, 0.5) is 0 Å². The molecule has 2 nitrogen and oxygen atoms in total. The van der Waals surface area contributed by atoms with Gasteiger partial charge in [0.25, 0.3) is 0 Å². The van der Waals surface area contributed by atoms with E-state index in [9.17, 15) is 9.59 Å². The molecule has 0 aliphatic heterocycles. The molecule has 3 rings (SSSR count). The summed E-state index contributed by atoms with van der Waals surface area (Å²) in [7, 11) is 0. The molecule has 58 valence electrons. The van der Waals surface area contributed by atoms with E-state index in [2.05, 4.69) is 0 Å². The molecular formula is C9H10O2. The maximum Gasteiger partial charge on any atom is 0.134 e. The zero-order valence-electron chi connectivity index (χ0n) is 6.35. The molecular weight excluding hydrogens is 140 g/mol. The molecule has 0 saturated heterocycles. The van der Waals surface area contributed by atoms with Gasteiger partial charge in [-0.25, -0.2) is 0 Å². The standard InChI is InChI=1S/C9H10O2/c10-6-1-8-3-7(11)4-9(8,2-6)5-8/h1-5H2. The van der Waals surface area contributed by atoms with Crippen LogP contribution < -0.4 is 0 Å². The summed E-state index contributed by atoms with van der Waals surface area (Å²) in [6.45, 7) is 0. The Balaban J connectivity index is 2.04. The normalized spacial score (nSPS) is 52.7. The average Bonchev–Trinajstić information content (AvgIpc) is 2.15. The van der Waals surface area contributed by atoms with Crippen LogP contribution in [0.25, 0.3) is 0 Å². The topological polar surface area (TPSA) is 34.1 Å². The molecule has 11 heavy (non-hydrogen) atoms. The van der Waals surface area contributed by atoms with Crippen LogP contribution in [-0.4, -0.2) is 11.6 Å². The highest BCUT2D eigenvalue weighted by Gasteiger charge is 2.75. The van der Waals surface area contributed by atoms with Crippen LogP contribution in [0.3, 0.4) is 0 Å². The highest BCUT2D eigenvalue weighted by atomic mass is 16.1. The summed E-state index contributed by atoms with van der Waals surface area (Å²) in [6, 6.07) is 0. The van der Waals surface area contributed by atoms with Crippen molar-refractivity contribution in [3.63, 3.8) is 0 Å². The second-order valence-electron chi connectivity index (χ2n) is 4.52. The molecule has 0 spiro atoms. The van der Waals surface area contributed by atoms with Crippen molar-refractivity contribution in [1.29, 1.82) is 0 Å². The fraction of sp³-hybridized carbons (Fsp3) is 0.778. The van der Waals surface area contributed by atoms with E-state index in [1.165, 1.54) is 0 Å². The van der Waals surface area contributed by atoms with Gasteiger partial charge in [0.15, 0.2) is 0 Å². The van der Waals surface area contributed by atoms with Gasteiger partial charge in [-0.2, -0.15) is 0 Å². The largest absolute Gasteiger partial charge is 0.300 e. The van der Waals surface area contributed by atoms with Crippen LogP contribution in [0.5, 0.6) is 0 Å². The minimum Gasteiger partial charge on any atom is -0.300 e. The molecule has 3 saturated carbocycles. The smallest absolute Gasteiger partial charge is 0.134 e. The predicted octanol–water partition coefficient (Wildman–Crippen LogP) is 1.09. The maximum atomic E-state index is 11.1. The van der Waals surface area contributed by atoms with Crippen molar-refractivity contribution in [2.75, 3.05) is 0 Å². The number of carbonyl (C=O) groups excluding carboxylic acids is 2. The van der Waals surface area contributed by atoms with Crippen molar-refractivity contribution in [3.8, 4) is 0 Å². The number of carbonyl (C=O) groups is 2. The first-order valence-electron chi connectivity index (χ1n) is 4.19. The number of hydrogen-bond acceptors (Lipinski definition) is 2. The van der Waals surface area contributed by atoms with E-state index >= 15 is 0 Å². The van der Waals surface area contributed by atoms with Crippen LogP contribution >= 0.6 is 0 Å². The van der Waals surface area contributed by atoms with E-state index in [0.717, 1.165) is 6.42 Å². The lowest BCUT2D eigenvalue weighted by Gasteiger charge is -2.04. The number of hydrogen-bond donors (Lipinski definition) is 0. The highest BCUT2D eigenvalue weighted by molar-refractivity contribution is 5.94. The fourth-order valence-electron chi connectivity index (χ4n) is 3.36. The van der Waals surface area contributed by atoms with Gasteiger partial charge in [-0.1, -0.05) is 0 Å². The second kappa shape index (κ2) is 1.30. The van der Waals surface area contributed by atoms with Gasteiger partial charge in [0.05, 0.1) is 0 Å². The summed E-state index contributed by atoms with van der Waals surface area (Å²) in [5, 5.41) is 0. The van der Waals surface area contributed by atoms with Gasteiger partial charge in [0.2, 0.25) is 0 Å². The molecule has 3 fully saturated rings. The Morgan fingerprint density at radius 1 is 0.818 bits per heavy atom. The lowest BCUT2D eigenvalue weighted by molar-refractivity contribution is -0.121. The Morgan fingerprint density at radius 3 is 1.55 bits per heavy atom. The van der Waals surface area contributed by atoms with Gasteiger partial charge >= 0.3 is 0 Å². The maximum absolute atomic E-state index is 11.1. The summed E-state index contributed by atoms with van der Waals surface area (Å²) in [5.74, 6) is 0.785. The lowest BCUT2D eigenvalue weighted by Crippen LogP contribution is -2.07. The van der Waals surface area contributed by atoms with E-state index in [4.69, 9.17) is 0 Å². The molecule has 0 heterocycles. The minimum atomic E-state index is 0.196. The third-order valence-corrected chi connectivity index (χ3v) is 3.82. The van der Waals surface area contributed by atoms with Crippen LogP contribution in [0.1, 0.15) is 32.1 Å². The fourth-order valence-corrected chi connectivity index (χ4v) is 3.36. The Bertz CT molecular complexity index is 233. The quantitative estimate of drug-likeness (QED) is 0.518. The Morgan fingerprint density at radius 2 is 1.18 bits per heavy atom. The Kier molecular flexibility index (Phi) is 0.701.